The molecule has 10 aromatic carbocycles. The van der Waals surface area contributed by atoms with Crippen LogP contribution in [0.3, 0.4) is 0 Å². The number of para-hydroxylation sites is 3. The summed E-state index contributed by atoms with van der Waals surface area (Å²) < 4.78 is 13.9. The summed E-state index contributed by atoms with van der Waals surface area (Å²) >= 11 is 1.79. The predicted octanol–water partition coefficient (Wildman–Crippen LogP) is 16.0. The van der Waals surface area contributed by atoms with Gasteiger partial charge >= 0.3 is 0 Å². The Hall–Kier alpha value is -8.65. The van der Waals surface area contributed by atoms with Crippen molar-refractivity contribution in [2.45, 2.75) is 0 Å². The lowest BCUT2D eigenvalue weighted by atomic mass is 10.0. The van der Waals surface area contributed by atoms with Crippen molar-refractivity contribution in [1.29, 1.82) is 0 Å². The average molecular weight is 860 g/mol. The maximum absolute atomic E-state index is 6.87. The summed E-state index contributed by atoms with van der Waals surface area (Å²) in [6.45, 7) is 0. The normalized spacial score (nSPS) is 12.2. The van der Waals surface area contributed by atoms with Crippen molar-refractivity contribution in [3.63, 3.8) is 0 Å². The van der Waals surface area contributed by atoms with Crippen LogP contribution >= 0.6 is 11.3 Å². The van der Waals surface area contributed by atoms with Gasteiger partial charge in [0.1, 0.15) is 11.2 Å². The van der Waals surface area contributed by atoms with Gasteiger partial charge in [-0.3, -0.25) is 4.57 Å². The number of hydrogen-bond acceptors (Lipinski definition) is 5. The Morgan fingerprint density at radius 2 is 0.864 bits per heavy atom. The Bertz CT molecular complexity index is 4500. The fraction of sp³-hybridized carbons (Fsp3) is 0. The zero-order chi connectivity index (χ0) is 43.0. The number of benzene rings is 10. The molecule has 0 spiro atoms. The molecule has 0 fully saturated rings. The van der Waals surface area contributed by atoms with Gasteiger partial charge < -0.3 is 8.98 Å². The fourth-order valence-corrected chi connectivity index (χ4v) is 11.7. The Balaban J connectivity index is 1.11. The van der Waals surface area contributed by atoms with Gasteiger partial charge in [0.25, 0.3) is 0 Å². The number of thiophene rings is 1. The van der Waals surface area contributed by atoms with E-state index < -0.39 is 0 Å². The first-order valence-corrected chi connectivity index (χ1v) is 23.0. The number of aromatic nitrogens is 5. The number of rotatable bonds is 4. The van der Waals surface area contributed by atoms with E-state index in [1.165, 1.54) is 36.3 Å². The van der Waals surface area contributed by atoms with Crippen LogP contribution < -0.4 is 0 Å². The number of fused-ring (bicyclic) bond motifs is 14. The molecule has 66 heavy (non-hydrogen) atoms. The molecule has 0 aliphatic heterocycles. The average Bonchev–Trinajstić information content (AvgIpc) is 4.11. The third-order valence-corrected chi connectivity index (χ3v) is 14.7. The number of furan rings is 1. The molecule has 6 nitrogen and oxygen atoms in total. The Labute approximate surface area is 379 Å². The highest BCUT2D eigenvalue weighted by Gasteiger charge is 2.25. The molecule has 0 radical (unpaired) electrons. The van der Waals surface area contributed by atoms with Gasteiger partial charge in [-0.2, -0.15) is 9.97 Å². The minimum Gasteiger partial charge on any atom is -0.456 e. The van der Waals surface area contributed by atoms with Crippen molar-refractivity contribution >= 4 is 119 Å². The standard InChI is InChI=1S/C59H33N5OS/c1-3-16-36-30-50-43(28-34(36)14-1)40-20-7-9-23-47(40)63(50)51-32-45-44-29-35-15-2-4-17-37(35)31-52(44)65-53(45)33-46(51)58-60-57(42-22-13-27-55-56(42)41-21-8-12-26-54(41)66-55)61-59(62-58)64-48-24-10-5-18-38(48)39-19-6-11-25-49(39)64/h1-33H. The summed E-state index contributed by atoms with van der Waals surface area (Å²) in [5.41, 5.74) is 8.56. The monoisotopic (exact) mass is 859 g/mol. The lowest BCUT2D eigenvalue weighted by molar-refractivity contribution is 0.669. The molecule has 0 saturated carbocycles. The first-order valence-electron chi connectivity index (χ1n) is 22.2. The highest BCUT2D eigenvalue weighted by molar-refractivity contribution is 7.25. The van der Waals surface area contributed by atoms with Gasteiger partial charge in [-0.15, -0.1) is 11.3 Å². The number of nitrogens with zero attached hydrogens (tertiary/aromatic N) is 5. The van der Waals surface area contributed by atoms with E-state index in [9.17, 15) is 0 Å². The zero-order valence-corrected chi connectivity index (χ0v) is 35.9. The van der Waals surface area contributed by atoms with E-state index >= 15 is 0 Å². The molecule has 5 aromatic heterocycles. The summed E-state index contributed by atoms with van der Waals surface area (Å²) in [7, 11) is 0. The highest BCUT2D eigenvalue weighted by Crippen LogP contribution is 2.44. The van der Waals surface area contributed by atoms with Gasteiger partial charge in [0.2, 0.25) is 5.95 Å². The first-order chi connectivity index (χ1) is 32.7. The molecule has 0 unspecified atom stereocenters. The number of hydrogen-bond donors (Lipinski definition) is 0. The lowest BCUT2D eigenvalue weighted by Gasteiger charge is -2.16. The molecular formula is C59H33N5OS. The van der Waals surface area contributed by atoms with Gasteiger partial charge in [0, 0.05) is 63.6 Å². The molecule has 0 N–H and O–H groups in total. The van der Waals surface area contributed by atoms with Crippen LogP contribution in [0.4, 0.5) is 0 Å². The molecule has 0 saturated heterocycles. The van der Waals surface area contributed by atoms with E-state index in [1.807, 2.05) is 0 Å². The van der Waals surface area contributed by atoms with Gasteiger partial charge in [0.05, 0.1) is 27.8 Å². The quantitative estimate of drug-likeness (QED) is 0.177. The molecule has 0 aliphatic rings. The first kappa shape index (κ1) is 35.8. The van der Waals surface area contributed by atoms with E-state index in [4.69, 9.17) is 19.4 Å². The van der Waals surface area contributed by atoms with Crippen molar-refractivity contribution in [2.75, 3.05) is 0 Å². The summed E-state index contributed by atoms with van der Waals surface area (Å²) in [6.07, 6.45) is 0. The van der Waals surface area contributed by atoms with Crippen molar-refractivity contribution in [2.24, 2.45) is 0 Å². The van der Waals surface area contributed by atoms with Crippen molar-refractivity contribution in [3.8, 4) is 34.4 Å². The molecule has 0 atom stereocenters. The Morgan fingerprint density at radius 1 is 0.348 bits per heavy atom. The molecule has 15 aromatic rings. The van der Waals surface area contributed by atoms with Crippen LogP contribution in [0.15, 0.2) is 205 Å². The summed E-state index contributed by atoms with van der Waals surface area (Å²) in [5.74, 6) is 1.68. The molecular weight excluding hydrogens is 827 g/mol. The van der Waals surface area contributed by atoms with Crippen LogP contribution in [0.5, 0.6) is 0 Å². The lowest BCUT2D eigenvalue weighted by Crippen LogP contribution is -2.08. The van der Waals surface area contributed by atoms with Crippen LogP contribution in [0.25, 0.3) is 142 Å². The second-order valence-electron chi connectivity index (χ2n) is 17.2. The zero-order valence-electron chi connectivity index (χ0n) is 35.1. The van der Waals surface area contributed by atoms with Gasteiger partial charge in [-0.25, -0.2) is 4.98 Å². The molecule has 7 heteroatoms. The predicted molar refractivity (Wildman–Crippen MR) is 275 cm³/mol. The molecule has 15 rings (SSSR count). The largest absolute Gasteiger partial charge is 0.456 e. The van der Waals surface area contributed by atoms with Crippen LogP contribution in [0, 0.1) is 0 Å². The summed E-state index contributed by atoms with van der Waals surface area (Å²) in [5, 5.41) is 13.7. The second kappa shape index (κ2) is 13.4. The summed E-state index contributed by atoms with van der Waals surface area (Å²) in [6, 6.07) is 71.4. The third-order valence-electron chi connectivity index (χ3n) is 13.5. The smallest absolute Gasteiger partial charge is 0.238 e. The van der Waals surface area contributed by atoms with Crippen molar-refractivity contribution < 1.29 is 4.42 Å². The SMILES string of the molecule is c1ccc2cc3c(cc2c1)oc1cc(-c2nc(-c4cccc5sc6ccccc6c45)nc(-n4c5ccccc5c5ccccc54)n2)c(-n2c4ccccc4c4cc5ccccc5cc42)cc13. The van der Waals surface area contributed by atoms with Gasteiger partial charge in [0.15, 0.2) is 11.6 Å². The third kappa shape index (κ3) is 5.08. The highest BCUT2D eigenvalue weighted by atomic mass is 32.1. The van der Waals surface area contributed by atoms with Crippen LogP contribution in [0.2, 0.25) is 0 Å². The topological polar surface area (TPSA) is 61.7 Å². The second-order valence-corrected chi connectivity index (χ2v) is 18.2. The van der Waals surface area contributed by atoms with Gasteiger partial charge in [-0.05, 0) is 88.3 Å². The minimum atomic E-state index is 0.541. The maximum Gasteiger partial charge on any atom is 0.238 e. The van der Waals surface area contributed by atoms with E-state index in [1.54, 1.807) is 11.3 Å². The molecule has 0 bridgehead atoms. The van der Waals surface area contributed by atoms with Crippen LogP contribution in [-0.2, 0) is 0 Å². The maximum atomic E-state index is 6.87. The Morgan fingerprint density at radius 3 is 1.58 bits per heavy atom. The van der Waals surface area contributed by atoms with E-state index in [0.717, 1.165) is 87.8 Å². The van der Waals surface area contributed by atoms with Crippen LogP contribution in [-0.4, -0.2) is 24.1 Å². The molecule has 0 aliphatic carbocycles. The van der Waals surface area contributed by atoms with E-state index in [-0.39, 0.29) is 0 Å². The van der Waals surface area contributed by atoms with Crippen molar-refractivity contribution in [1.82, 2.24) is 24.1 Å². The van der Waals surface area contributed by atoms with E-state index in [0.29, 0.717) is 17.6 Å². The summed E-state index contributed by atoms with van der Waals surface area (Å²) in [4.78, 5) is 16.6. The molecule has 0 amide bonds. The molecule has 306 valence electrons. The van der Waals surface area contributed by atoms with Crippen molar-refractivity contribution in [3.05, 3.63) is 200 Å². The van der Waals surface area contributed by atoms with Gasteiger partial charge in [-0.1, -0.05) is 133 Å². The molecule has 5 heterocycles. The minimum absolute atomic E-state index is 0.541. The van der Waals surface area contributed by atoms with Crippen LogP contribution in [0.1, 0.15) is 0 Å². The van der Waals surface area contributed by atoms with E-state index in [2.05, 4.69) is 209 Å². The fourth-order valence-electron chi connectivity index (χ4n) is 10.6. The Kier molecular flexibility index (Phi) is 7.28.